The van der Waals surface area contributed by atoms with Crippen LogP contribution in [0, 0.1) is 0 Å². The molecule has 36 heavy (non-hydrogen) atoms. The number of thioether (sulfide) groups is 1. The number of carbonyl (C=O) groups is 6. The van der Waals surface area contributed by atoms with Crippen LogP contribution in [0.4, 0.5) is 0 Å². The van der Waals surface area contributed by atoms with Crippen molar-refractivity contribution in [2.45, 2.75) is 56.3 Å². The minimum atomic E-state index is -1.80. The van der Waals surface area contributed by atoms with Gasteiger partial charge in [0.2, 0.25) is 17.7 Å². The number of guanidine groups is 1. The van der Waals surface area contributed by atoms with Crippen LogP contribution >= 0.6 is 11.8 Å². The van der Waals surface area contributed by atoms with Gasteiger partial charge in [-0.25, -0.2) is 4.79 Å². The van der Waals surface area contributed by atoms with Gasteiger partial charge in [-0.15, -0.1) is 0 Å². The van der Waals surface area contributed by atoms with Crippen molar-refractivity contribution in [2.75, 3.05) is 18.6 Å². The van der Waals surface area contributed by atoms with Crippen LogP contribution in [0.5, 0.6) is 0 Å². The van der Waals surface area contributed by atoms with E-state index in [-0.39, 0.29) is 31.8 Å². The van der Waals surface area contributed by atoms with Crippen LogP contribution < -0.4 is 33.2 Å². The topological polar surface area (TPSA) is 290 Å². The molecular formula is C19H33N7O9S. The molecule has 0 aromatic rings. The highest BCUT2D eigenvalue weighted by molar-refractivity contribution is 7.98. The maximum Gasteiger partial charge on any atom is 0.326 e. The first-order valence-electron chi connectivity index (χ1n) is 10.7. The van der Waals surface area contributed by atoms with Gasteiger partial charge in [0, 0.05) is 6.54 Å². The Balaban J connectivity index is 5.64. The molecular weight excluding hydrogens is 502 g/mol. The third-order valence-electron chi connectivity index (χ3n) is 4.55. The molecule has 0 aliphatic heterocycles. The third-order valence-corrected chi connectivity index (χ3v) is 5.20. The lowest BCUT2D eigenvalue weighted by atomic mass is 10.1. The number of nitrogens with two attached hydrogens (primary N) is 3. The molecule has 0 fully saturated rings. The summed E-state index contributed by atoms with van der Waals surface area (Å²) >= 11 is 1.44. The van der Waals surface area contributed by atoms with Crippen molar-refractivity contribution in [3.05, 3.63) is 0 Å². The van der Waals surface area contributed by atoms with Crippen LogP contribution in [0.3, 0.4) is 0 Å². The Morgan fingerprint density at radius 3 is 1.81 bits per heavy atom. The highest BCUT2D eigenvalue weighted by Gasteiger charge is 2.31. The van der Waals surface area contributed by atoms with Gasteiger partial charge in [-0.3, -0.25) is 29.0 Å². The Bertz CT molecular complexity index is 836. The lowest BCUT2D eigenvalue weighted by Gasteiger charge is -2.24. The standard InChI is InChI=1S/C19H33N7O9S/c1-36-6-4-9(20)15(31)25-11(7-13(27)28)17(33)24-10(3-2-5-23-19(21)22)16(32)26-12(18(34)35)8-14(29)30/h9-12H,2-8,20H2,1H3,(H,24,33)(H,25,31)(H,26,32)(H,27,28)(H,29,30)(H,34,35)(H4,21,22,23). The number of nitrogens with one attached hydrogen (secondary N) is 3. The van der Waals surface area contributed by atoms with Gasteiger partial charge in [-0.2, -0.15) is 11.8 Å². The molecule has 0 aromatic carbocycles. The van der Waals surface area contributed by atoms with Gasteiger partial charge in [0.25, 0.3) is 0 Å². The monoisotopic (exact) mass is 535 g/mol. The average molecular weight is 536 g/mol. The number of rotatable bonds is 18. The molecule has 4 unspecified atom stereocenters. The second-order valence-corrected chi connectivity index (χ2v) is 8.54. The first-order chi connectivity index (χ1) is 16.8. The van der Waals surface area contributed by atoms with Crippen molar-refractivity contribution in [1.29, 1.82) is 0 Å². The molecule has 0 rings (SSSR count). The minimum absolute atomic E-state index is 0.0407. The van der Waals surface area contributed by atoms with Crippen LogP contribution in [0.2, 0.25) is 0 Å². The zero-order chi connectivity index (χ0) is 27.8. The summed E-state index contributed by atoms with van der Waals surface area (Å²) in [6.45, 7) is 0.0407. The molecule has 4 atom stereocenters. The molecule has 0 aliphatic carbocycles. The largest absolute Gasteiger partial charge is 0.481 e. The zero-order valence-corrected chi connectivity index (χ0v) is 20.5. The van der Waals surface area contributed by atoms with E-state index < -0.39 is 72.6 Å². The normalized spacial score (nSPS) is 13.8. The predicted molar refractivity (Wildman–Crippen MR) is 129 cm³/mol. The van der Waals surface area contributed by atoms with Crippen LogP contribution in [0.1, 0.15) is 32.1 Å². The average Bonchev–Trinajstić information content (AvgIpc) is 2.77. The summed E-state index contributed by atoms with van der Waals surface area (Å²) < 4.78 is 0. The number of amides is 3. The minimum Gasteiger partial charge on any atom is -0.481 e. The summed E-state index contributed by atoms with van der Waals surface area (Å²) in [5, 5.41) is 33.7. The van der Waals surface area contributed by atoms with Gasteiger partial charge >= 0.3 is 17.9 Å². The number of aliphatic imine (C=N–C) groups is 1. The van der Waals surface area contributed by atoms with Crippen molar-refractivity contribution < 1.29 is 44.1 Å². The Morgan fingerprint density at radius 2 is 1.31 bits per heavy atom. The van der Waals surface area contributed by atoms with Crippen molar-refractivity contribution in [3.63, 3.8) is 0 Å². The number of carbonyl (C=O) groups excluding carboxylic acids is 3. The number of aliphatic carboxylic acids is 3. The molecule has 0 saturated heterocycles. The Morgan fingerprint density at radius 1 is 0.806 bits per heavy atom. The fourth-order valence-corrected chi connectivity index (χ4v) is 3.22. The number of nitrogens with zero attached hydrogens (tertiary/aromatic N) is 1. The summed E-state index contributed by atoms with van der Waals surface area (Å²) in [5.74, 6) is -7.07. The molecule has 0 radical (unpaired) electrons. The SMILES string of the molecule is CSCCC(N)C(=O)NC(CC(=O)O)C(=O)NC(CCCN=C(N)N)C(=O)NC(CC(=O)O)C(=O)O. The fraction of sp³-hybridized carbons (Fsp3) is 0.632. The van der Waals surface area contributed by atoms with Crippen molar-refractivity contribution in [2.24, 2.45) is 22.2 Å². The molecule has 3 amide bonds. The van der Waals surface area contributed by atoms with E-state index in [2.05, 4.69) is 15.6 Å². The highest BCUT2D eigenvalue weighted by Crippen LogP contribution is 2.05. The van der Waals surface area contributed by atoms with E-state index in [1.54, 1.807) is 6.26 Å². The molecule has 204 valence electrons. The van der Waals surface area contributed by atoms with Gasteiger partial charge in [0.15, 0.2) is 5.96 Å². The first kappa shape index (κ1) is 32.4. The second kappa shape index (κ2) is 16.9. The summed E-state index contributed by atoms with van der Waals surface area (Å²) in [4.78, 5) is 75.0. The smallest absolute Gasteiger partial charge is 0.326 e. The maximum atomic E-state index is 12.8. The van der Waals surface area contributed by atoms with E-state index >= 15 is 0 Å². The van der Waals surface area contributed by atoms with Gasteiger partial charge < -0.3 is 48.5 Å². The van der Waals surface area contributed by atoms with Gasteiger partial charge in [-0.05, 0) is 31.3 Å². The van der Waals surface area contributed by atoms with Crippen LogP contribution in [0.15, 0.2) is 4.99 Å². The molecule has 0 saturated carbocycles. The molecule has 0 aromatic heterocycles. The molecule has 0 bridgehead atoms. The van der Waals surface area contributed by atoms with Gasteiger partial charge in [-0.1, -0.05) is 0 Å². The molecule has 12 N–H and O–H groups in total. The van der Waals surface area contributed by atoms with Crippen LogP contribution in [0.25, 0.3) is 0 Å². The van der Waals surface area contributed by atoms with Crippen LogP contribution in [-0.4, -0.2) is 99.6 Å². The highest BCUT2D eigenvalue weighted by atomic mass is 32.2. The molecule has 0 spiro atoms. The van der Waals surface area contributed by atoms with Crippen molar-refractivity contribution >= 4 is 53.4 Å². The summed E-state index contributed by atoms with van der Waals surface area (Å²) in [6.07, 6.45) is 0.309. The van der Waals surface area contributed by atoms with Crippen LogP contribution in [-0.2, 0) is 28.8 Å². The van der Waals surface area contributed by atoms with E-state index in [4.69, 9.17) is 27.4 Å². The van der Waals surface area contributed by atoms with Crippen molar-refractivity contribution in [1.82, 2.24) is 16.0 Å². The van der Waals surface area contributed by atoms with E-state index in [0.717, 1.165) is 0 Å². The molecule has 0 aliphatic rings. The second-order valence-electron chi connectivity index (χ2n) is 7.55. The summed E-state index contributed by atoms with van der Waals surface area (Å²) in [7, 11) is 0. The van der Waals surface area contributed by atoms with E-state index in [9.17, 15) is 33.9 Å². The first-order valence-corrected chi connectivity index (χ1v) is 12.0. The zero-order valence-electron chi connectivity index (χ0n) is 19.6. The number of hydrogen-bond acceptors (Lipinski definition) is 9. The fourth-order valence-electron chi connectivity index (χ4n) is 2.73. The number of hydrogen-bond donors (Lipinski definition) is 9. The third kappa shape index (κ3) is 14.0. The Labute approximate surface area is 210 Å². The van der Waals surface area contributed by atoms with Crippen molar-refractivity contribution in [3.8, 4) is 0 Å². The number of carboxylic acid groups (broad SMARTS) is 3. The summed E-state index contributed by atoms with van der Waals surface area (Å²) in [6, 6.07) is -5.83. The van der Waals surface area contributed by atoms with Gasteiger partial charge in [0.05, 0.1) is 18.9 Å². The molecule has 0 heterocycles. The Kier molecular flexibility index (Phi) is 15.2. The molecule has 17 heteroatoms. The quantitative estimate of drug-likeness (QED) is 0.0470. The van der Waals surface area contributed by atoms with E-state index in [1.165, 1.54) is 11.8 Å². The Hall–Kier alpha value is -3.60. The maximum absolute atomic E-state index is 12.8. The number of carboxylic acids is 3. The molecule has 16 nitrogen and oxygen atoms in total. The van der Waals surface area contributed by atoms with E-state index in [1.807, 2.05) is 5.32 Å². The van der Waals surface area contributed by atoms with E-state index in [0.29, 0.717) is 5.75 Å². The lowest BCUT2D eigenvalue weighted by molar-refractivity contribution is -0.147. The lowest BCUT2D eigenvalue weighted by Crippen LogP contribution is -2.57. The predicted octanol–water partition coefficient (Wildman–Crippen LogP) is -3.39. The van der Waals surface area contributed by atoms with Gasteiger partial charge in [0.1, 0.15) is 18.1 Å². The summed E-state index contributed by atoms with van der Waals surface area (Å²) in [5.41, 5.74) is 16.2.